The number of alkyl halides is 3. The van der Waals surface area contributed by atoms with Gasteiger partial charge in [0, 0.05) is 19.6 Å². The minimum Gasteiger partial charge on any atom is -0.490 e. The number of ether oxygens (including phenoxy) is 2. The van der Waals surface area contributed by atoms with Crippen molar-refractivity contribution in [1.82, 2.24) is 4.90 Å². The number of hydrogen-bond donors (Lipinski definition) is 1. The molecule has 2 atom stereocenters. The first-order valence-electron chi connectivity index (χ1n) is 13.0. The molecule has 8 heteroatoms. The highest BCUT2D eigenvalue weighted by Crippen LogP contribution is 2.43. The molecule has 1 spiro atoms. The molecule has 5 rings (SSSR count). The molecule has 2 aliphatic carbocycles. The van der Waals surface area contributed by atoms with Gasteiger partial charge in [0.2, 0.25) is 0 Å². The molecule has 1 saturated heterocycles. The zero-order valence-electron chi connectivity index (χ0n) is 20.7. The first kappa shape index (κ1) is 25.3. The third kappa shape index (κ3) is 5.35. The number of carboxylic acid groups (broad SMARTS) is 1. The number of carbonyl (C=O) groups is 1. The lowest BCUT2D eigenvalue weighted by Gasteiger charge is -2.40. The fourth-order valence-electron chi connectivity index (χ4n) is 6.27. The second kappa shape index (κ2) is 9.86. The third-order valence-corrected chi connectivity index (χ3v) is 8.24. The van der Waals surface area contributed by atoms with Crippen LogP contribution in [0.1, 0.15) is 63.0 Å². The highest BCUT2D eigenvalue weighted by atomic mass is 19.4. The lowest BCUT2D eigenvalue weighted by Crippen LogP contribution is -2.50. The van der Waals surface area contributed by atoms with Crippen molar-refractivity contribution in [2.45, 2.75) is 76.3 Å². The number of nitrogens with zero attached hydrogens (tertiary/aromatic N) is 1. The van der Waals surface area contributed by atoms with Gasteiger partial charge in [-0.2, -0.15) is 13.2 Å². The molecule has 36 heavy (non-hydrogen) atoms. The smallest absolute Gasteiger partial charge is 0.420 e. The van der Waals surface area contributed by atoms with Crippen LogP contribution in [0.15, 0.2) is 30.3 Å². The van der Waals surface area contributed by atoms with Gasteiger partial charge in [-0.15, -0.1) is 0 Å². The van der Waals surface area contributed by atoms with Gasteiger partial charge in [-0.1, -0.05) is 25.1 Å². The van der Waals surface area contributed by atoms with Gasteiger partial charge in [-0.25, -0.2) is 0 Å². The maximum absolute atomic E-state index is 14.2. The van der Waals surface area contributed by atoms with Crippen LogP contribution < -0.4 is 4.74 Å². The van der Waals surface area contributed by atoms with Crippen molar-refractivity contribution in [2.24, 2.45) is 11.8 Å². The number of fused-ring (bicyclic) bond motifs is 1. The summed E-state index contributed by atoms with van der Waals surface area (Å²) in [7, 11) is 0. The molecular weight excluding hydrogens is 471 g/mol. The minimum atomic E-state index is -4.52. The zero-order chi connectivity index (χ0) is 25.5. The van der Waals surface area contributed by atoms with Crippen LogP contribution in [0.3, 0.4) is 0 Å². The van der Waals surface area contributed by atoms with Crippen LogP contribution in [0.2, 0.25) is 0 Å². The van der Waals surface area contributed by atoms with E-state index in [-0.39, 0.29) is 23.2 Å². The van der Waals surface area contributed by atoms with E-state index in [1.165, 1.54) is 6.07 Å². The number of hydrogen-bond acceptors (Lipinski definition) is 4. The van der Waals surface area contributed by atoms with E-state index in [4.69, 9.17) is 9.47 Å². The van der Waals surface area contributed by atoms with Gasteiger partial charge in [0.25, 0.3) is 0 Å². The first-order chi connectivity index (χ1) is 17.1. The molecule has 0 bridgehead atoms. The zero-order valence-corrected chi connectivity index (χ0v) is 20.7. The third-order valence-electron chi connectivity index (χ3n) is 8.24. The van der Waals surface area contributed by atoms with Crippen molar-refractivity contribution in [3.63, 3.8) is 0 Å². The van der Waals surface area contributed by atoms with Crippen LogP contribution in [-0.2, 0) is 22.3 Å². The Labute approximate surface area is 209 Å². The number of morpholine rings is 1. The summed E-state index contributed by atoms with van der Waals surface area (Å²) in [6.07, 6.45) is 0.661. The van der Waals surface area contributed by atoms with Gasteiger partial charge in [0.05, 0.1) is 24.2 Å². The van der Waals surface area contributed by atoms with Crippen molar-refractivity contribution in [3.05, 3.63) is 41.5 Å². The lowest BCUT2D eigenvalue weighted by molar-refractivity contribution is -0.144. The van der Waals surface area contributed by atoms with E-state index in [1.54, 1.807) is 18.2 Å². The SMILES string of the molecule is CC1CCC(Oc2ccc3cc(CN4CCOC5(CCC(C(=O)O)C5)C4)ccc3c2C(F)(F)F)CC1. The second-order valence-corrected chi connectivity index (χ2v) is 11.0. The van der Waals surface area contributed by atoms with Crippen molar-refractivity contribution >= 4 is 16.7 Å². The fourth-order valence-corrected chi connectivity index (χ4v) is 6.27. The van der Waals surface area contributed by atoms with Crippen molar-refractivity contribution in [3.8, 4) is 5.75 Å². The molecule has 2 unspecified atom stereocenters. The van der Waals surface area contributed by atoms with E-state index in [0.29, 0.717) is 50.4 Å². The molecule has 1 aliphatic heterocycles. The first-order valence-corrected chi connectivity index (χ1v) is 13.0. The summed E-state index contributed by atoms with van der Waals surface area (Å²) in [4.78, 5) is 13.6. The normalized spacial score (nSPS) is 29.6. The Hall–Kier alpha value is -2.32. The van der Waals surface area contributed by atoms with Gasteiger partial charge >= 0.3 is 12.1 Å². The van der Waals surface area contributed by atoms with E-state index >= 15 is 0 Å². The molecule has 2 aromatic rings. The van der Waals surface area contributed by atoms with Crippen LogP contribution in [0.4, 0.5) is 13.2 Å². The molecule has 3 fully saturated rings. The Kier molecular flexibility index (Phi) is 6.94. The summed E-state index contributed by atoms with van der Waals surface area (Å²) in [5.41, 5.74) is -0.207. The van der Waals surface area contributed by atoms with Gasteiger partial charge in [0.15, 0.2) is 0 Å². The Balaban J connectivity index is 1.35. The Bertz CT molecular complexity index is 1110. The summed E-state index contributed by atoms with van der Waals surface area (Å²) in [6, 6.07) is 8.36. The molecule has 3 aliphatic rings. The summed E-state index contributed by atoms with van der Waals surface area (Å²) in [6.45, 7) is 4.62. The molecular formula is C28H34F3NO4. The van der Waals surface area contributed by atoms with Crippen LogP contribution in [0.5, 0.6) is 5.75 Å². The highest BCUT2D eigenvalue weighted by molar-refractivity contribution is 5.89. The molecule has 0 aromatic heterocycles. The lowest BCUT2D eigenvalue weighted by atomic mass is 9.89. The summed E-state index contributed by atoms with van der Waals surface area (Å²) in [5, 5.41) is 10.1. The van der Waals surface area contributed by atoms with Crippen molar-refractivity contribution < 1.29 is 32.5 Å². The summed E-state index contributed by atoms with van der Waals surface area (Å²) >= 11 is 0. The number of aliphatic carboxylic acids is 1. The number of carboxylic acids is 1. The van der Waals surface area contributed by atoms with Crippen molar-refractivity contribution in [2.75, 3.05) is 19.7 Å². The van der Waals surface area contributed by atoms with Crippen LogP contribution >= 0.6 is 0 Å². The van der Waals surface area contributed by atoms with E-state index in [9.17, 15) is 23.1 Å². The second-order valence-electron chi connectivity index (χ2n) is 11.0. The largest absolute Gasteiger partial charge is 0.490 e. The van der Waals surface area contributed by atoms with Crippen LogP contribution in [-0.4, -0.2) is 47.4 Å². The van der Waals surface area contributed by atoms with Crippen LogP contribution in [0, 0.1) is 11.8 Å². The van der Waals surface area contributed by atoms with Crippen LogP contribution in [0.25, 0.3) is 10.8 Å². The molecule has 2 aromatic carbocycles. The molecule has 1 N–H and O–H groups in total. The average molecular weight is 506 g/mol. The quantitative estimate of drug-likeness (QED) is 0.519. The molecule has 196 valence electrons. The summed E-state index contributed by atoms with van der Waals surface area (Å²) < 4.78 is 54.5. The van der Waals surface area contributed by atoms with Crippen molar-refractivity contribution in [1.29, 1.82) is 0 Å². The average Bonchev–Trinajstić information content (AvgIpc) is 3.23. The number of benzene rings is 2. The summed E-state index contributed by atoms with van der Waals surface area (Å²) in [5.74, 6) is -0.633. The number of halogens is 3. The fraction of sp³-hybridized carbons (Fsp3) is 0.607. The van der Waals surface area contributed by atoms with E-state index in [0.717, 1.165) is 37.7 Å². The Morgan fingerprint density at radius 3 is 2.64 bits per heavy atom. The monoisotopic (exact) mass is 505 g/mol. The van der Waals surface area contributed by atoms with Gasteiger partial charge in [-0.3, -0.25) is 9.69 Å². The van der Waals surface area contributed by atoms with Gasteiger partial charge in [-0.05, 0) is 79.3 Å². The Morgan fingerprint density at radius 1 is 1.17 bits per heavy atom. The standard InChI is InChI=1S/C28H34F3NO4/c1-18-2-6-22(7-3-18)36-24-9-5-20-14-19(4-8-23(20)25(24)28(29,30)31)16-32-12-13-35-27(17-32)11-10-21(15-27)26(33)34/h4-5,8-9,14,18,21-22H,2-3,6-7,10-13,15-17H2,1H3,(H,33,34). The molecule has 2 saturated carbocycles. The maximum atomic E-state index is 14.2. The predicted molar refractivity (Wildman–Crippen MR) is 130 cm³/mol. The minimum absolute atomic E-state index is 0.0772. The van der Waals surface area contributed by atoms with Gasteiger partial charge < -0.3 is 14.6 Å². The number of rotatable bonds is 5. The molecule has 1 heterocycles. The maximum Gasteiger partial charge on any atom is 0.420 e. The van der Waals surface area contributed by atoms with Gasteiger partial charge in [0.1, 0.15) is 11.3 Å². The van der Waals surface area contributed by atoms with E-state index < -0.39 is 23.3 Å². The Morgan fingerprint density at radius 2 is 1.94 bits per heavy atom. The van der Waals surface area contributed by atoms with E-state index in [2.05, 4.69) is 11.8 Å². The molecule has 5 nitrogen and oxygen atoms in total. The predicted octanol–water partition coefficient (Wildman–Crippen LogP) is 6.27. The van der Waals surface area contributed by atoms with E-state index in [1.807, 2.05) is 6.07 Å². The topological polar surface area (TPSA) is 59.0 Å². The highest BCUT2D eigenvalue weighted by Gasteiger charge is 2.45. The molecule has 0 amide bonds. The molecule has 0 radical (unpaired) electrons.